The summed E-state index contributed by atoms with van der Waals surface area (Å²) in [4.78, 5) is 14.4. The van der Waals surface area contributed by atoms with Gasteiger partial charge in [0.15, 0.2) is 0 Å². The lowest BCUT2D eigenvalue weighted by Crippen LogP contribution is -2.47. The molecule has 2 rings (SSSR count). The van der Waals surface area contributed by atoms with E-state index in [-0.39, 0.29) is 5.91 Å². The Kier molecular flexibility index (Phi) is 5.04. The lowest BCUT2D eigenvalue weighted by Gasteiger charge is -2.33. The maximum atomic E-state index is 12.1. The molecule has 104 valence electrons. The Labute approximate surface area is 111 Å². The molecule has 18 heavy (non-hydrogen) atoms. The van der Waals surface area contributed by atoms with Crippen LogP contribution in [0.5, 0.6) is 0 Å². The van der Waals surface area contributed by atoms with E-state index < -0.39 is 0 Å². The maximum Gasteiger partial charge on any atom is 0.234 e. The van der Waals surface area contributed by atoms with E-state index >= 15 is 0 Å². The minimum atomic E-state index is 0.239. The van der Waals surface area contributed by atoms with Crippen LogP contribution in [0.25, 0.3) is 0 Å². The first kappa shape index (κ1) is 13.9. The van der Waals surface area contributed by atoms with Gasteiger partial charge in [0.1, 0.15) is 0 Å². The lowest BCUT2D eigenvalue weighted by atomic mass is 9.87. The van der Waals surface area contributed by atoms with Gasteiger partial charge >= 0.3 is 0 Å². The summed E-state index contributed by atoms with van der Waals surface area (Å²) in [5, 5.41) is 3.23. The summed E-state index contributed by atoms with van der Waals surface area (Å²) in [6.07, 6.45) is 8.69. The van der Waals surface area contributed by atoms with Crippen molar-refractivity contribution in [1.29, 1.82) is 0 Å². The lowest BCUT2D eigenvalue weighted by molar-refractivity contribution is -0.124. The van der Waals surface area contributed by atoms with Gasteiger partial charge in [-0.05, 0) is 57.9 Å². The second kappa shape index (κ2) is 6.55. The average molecular weight is 252 g/mol. The largest absolute Gasteiger partial charge is 0.352 e. The van der Waals surface area contributed by atoms with Gasteiger partial charge in [0.2, 0.25) is 5.91 Å². The van der Waals surface area contributed by atoms with Gasteiger partial charge in [-0.15, -0.1) is 0 Å². The van der Waals surface area contributed by atoms with Crippen LogP contribution in [0.1, 0.15) is 58.8 Å². The van der Waals surface area contributed by atoms with Gasteiger partial charge in [0.25, 0.3) is 0 Å². The first-order chi connectivity index (χ1) is 8.65. The molecule has 2 fully saturated rings. The molecule has 2 aliphatic rings. The number of hydrogen-bond donors (Lipinski definition) is 1. The smallest absolute Gasteiger partial charge is 0.234 e. The highest BCUT2D eigenvalue weighted by molar-refractivity contribution is 5.78. The van der Waals surface area contributed by atoms with E-state index in [9.17, 15) is 4.79 Å². The van der Waals surface area contributed by atoms with Crippen molar-refractivity contribution in [3.8, 4) is 0 Å². The Morgan fingerprint density at radius 1 is 1.11 bits per heavy atom. The van der Waals surface area contributed by atoms with Gasteiger partial charge in [0.05, 0.1) is 6.54 Å². The SMILES string of the molecule is CC1CCC(NC(=O)CN2CCCCC2C)CC1. The van der Waals surface area contributed by atoms with E-state index in [1.165, 1.54) is 44.9 Å². The Morgan fingerprint density at radius 3 is 2.50 bits per heavy atom. The topological polar surface area (TPSA) is 32.3 Å². The van der Waals surface area contributed by atoms with Crippen LogP contribution < -0.4 is 5.32 Å². The first-order valence-corrected chi connectivity index (χ1v) is 7.68. The number of nitrogens with zero attached hydrogens (tertiary/aromatic N) is 1. The number of rotatable bonds is 3. The van der Waals surface area contributed by atoms with Gasteiger partial charge in [-0.3, -0.25) is 9.69 Å². The van der Waals surface area contributed by atoms with Crippen molar-refractivity contribution in [2.75, 3.05) is 13.1 Å². The molecule has 1 saturated heterocycles. The fraction of sp³-hybridized carbons (Fsp3) is 0.933. The molecular weight excluding hydrogens is 224 g/mol. The predicted octanol–water partition coefficient (Wildman–Crippen LogP) is 2.56. The fourth-order valence-electron chi connectivity index (χ4n) is 3.25. The standard InChI is InChI=1S/C15H28N2O/c1-12-6-8-14(9-7-12)16-15(18)11-17-10-4-3-5-13(17)2/h12-14H,3-11H2,1-2H3,(H,16,18). The van der Waals surface area contributed by atoms with Crippen LogP contribution >= 0.6 is 0 Å². The second-order valence-corrected chi connectivity index (χ2v) is 6.34. The molecule has 3 nitrogen and oxygen atoms in total. The zero-order chi connectivity index (χ0) is 13.0. The monoisotopic (exact) mass is 252 g/mol. The van der Waals surface area contributed by atoms with E-state index in [0.29, 0.717) is 18.6 Å². The quantitative estimate of drug-likeness (QED) is 0.837. The molecular formula is C15H28N2O. The van der Waals surface area contributed by atoms with Crippen molar-refractivity contribution in [2.24, 2.45) is 5.92 Å². The molecule has 1 N–H and O–H groups in total. The summed E-state index contributed by atoms with van der Waals surface area (Å²) >= 11 is 0. The van der Waals surface area contributed by atoms with Crippen molar-refractivity contribution in [3.05, 3.63) is 0 Å². The minimum Gasteiger partial charge on any atom is -0.352 e. The first-order valence-electron chi connectivity index (χ1n) is 7.68. The molecule has 0 aromatic carbocycles. The van der Waals surface area contributed by atoms with Crippen molar-refractivity contribution in [1.82, 2.24) is 10.2 Å². The molecule has 0 aromatic heterocycles. The van der Waals surface area contributed by atoms with Crippen molar-refractivity contribution >= 4 is 5.91 Å². The molecule has 1 aliphatic heterocycles. The van der Waals surface area contributed by atoms with Crippen molar-refractivity contribution in [2.45, 2.75) is 70.9 Å². The summed E-state index contributed by atoms with van der Waals surface area (Å²) in [6.45, 7) is 6.26. The molecule has 1 aliphatic carbocycles. The molecule has 0 aromatic rings. The van der Waals surface area contributed by atoms with Gasteiger partial charge in [0, 0.05) is 12.1 Å². The molecule has 1 unspecified atom stereocenters. The van der Waals surface area contributed by atoms with Gasteiger partial charge in [-0.1, -0.05) is 13.3 Å². The molecule has 0 spiro atoms. The summed E-state index contributed by atoms with van der Waals surface area (Å²) in [5.41, 5.74) is 0. The Hall–Kier alpha value is -0.570. The average Bonchev–Trinajstić information content (AvgIpc) is 2.35. The highest BCUT2D eigenvalue weighted by atomic mass is 16.2. The number of amides is 1. The van der Waals surface area contributed by atoms with Crippen LogP contribution in [0.2, 0.25) is 0 Å². The van der Waals surface area contributed by atoms with E-state index in [0.717, 1.165) is 12.5 Å². The summed E-state index contributed by atoms with van der Waals surface area (Å²) in [6, 6.07) is 1.02. The van der Waals surface area contributed by atoms with Crippen LogP contribution in [-0.2, 0) is 4.79 Å². The van der Waals surface area contributed by atoms with Gasteiger partial charge < -0.3 is 5.32 Å². The highest BCUT2D eigenvalue weighted by Crippen LogP contribution is 2.23. The Balaban J connectivity index is 1.71. The summed E-state index contributed by atoms with van der Waals surface area (Å²) in [7, 11) is 0. The third-order valence-electron chi connectivity index (χ3n) is 4.67. The third-order valence-corrected chi connectivity index (χ3v) is 4.67. The molecule has 1 saturated carbocycles. The van der Waals surface area contributed by atoms with Crippen LogP contribution in [0.4, 0.5) is 0 Å². The Bertz CT molecular complexity index is 272. The van der Waals surface area contributed by atoms with Crippen LogP contribution in [-0.4, -0.2) is 36.0 Å². The minimum absolute atomic E-state index is 0.239. The third kappa shape index (κ3) is 3.98. The number of piperidine rings is 1. The number of likely N-dealkylation sites (tertiary alicyclic amines) is 1. The second-order valence-electron chi connectivity index (χ2n) is 6.34. The molecule has 0 bridgehead atoms. The Morgan fingerprint density at radius 2 is 1.83 bits per heavy atom. The predicted molar refractivity (Wildman–Crippen MR) is 74.4 cm³/mol. The summed E-state index contributed by atoms with van der Waals surface area (Å²) in [5.74, 6) is 1.09. The van der Waals surface area contributed by atoms with E-state index in [1.54, 1.807) is 0 Å². The molecule has 1 atom stereocenters. The van der Waals surface area contributed by atoms with E-state index in [4.69, 9.17) is 0 Å². The van der Waals surface area contributed by atoms with Gasteiger partial charge in [-0.2, -0.15) is 0 Å². The molecule has 1 heterocycles. The van der Waals surface area contributed by atoms with E-state index in [1.807, 2.05) is 0 Å². The van der Waals surface area contributed by atoms with Crippen LogP contribution in [0.3, 0.4) is 0 Å². The summed E-state index contributed by atoms with van der Waals surface area (Å²) < 4.78 is 0. The fourth-order valence-corrected chi connectivity index (χ4v) is 3.25. The van der Waals surface area contributed by atoms with Crippen molar-refractivity contribution in [3.63, 3.8) is 0 Å². The van der Waals surface area contributed by atoms with E-state index in [2.05, 4.69) is 24.1 Å². The molecule has 1 amide bonds. The molecule has 0 radical (unpaired) electrons. The zero-order valence-corrected chi connectivity index (χ0v) is 12.0. The number of nitrogens with one attached hydrogen (secondary N) is 1. The number of carbonyl (C=O) groups excluding carboxylic acids is 1. The normalized spacial score (nSPS) is 34.2. The highest BCUT2D eigenvalue weighted by Gasteiger charge is 2.23. The zero-order valence-electron chi connectivity index (χ0n) is 12.0. The van der Waals surface area contributed by atoms with Crippen LogP contribution in [0, 0.1) is 5.92 Å². The van der Waals surface area contributed by atoms with Crippen molar-refractivity contribution < 1.29 is 4.79 Å². The number of hydrogen-bond acceptors (Lipinski definition) is 2. The van der Waals surface area contributed by atoms with Gasteiger partial charge in [-0.25, -0.2) is 0 Å². The maximum absolute atomic E-state index is 12.1. The number of carbonyl (C=O) groups is 1. The van der Waals surface area contributed by atoms with Crippen LogP contribution in [0.15, 0.2) is 0 Å². The molecule has 3 heteroatoms.